The molecule has 4 heterocycles. The monoisotopic (exact) mass is 397 g/mol. The van der Waals surface area contributed by atoms with E-state index in [-0.39, 0.29) is 29.7 Å². The number of piperazine rings is 1. The number of carbonyl (C=O) groups is 4. The average molecular weight is 397 g/mol. The molecule has 152 valence electrons. The molecule has 0 aromatic heterocycles. The Bertz CT molecular complexity index is 925. The van der Waals surface area contributed by atoms with Crippen molar-refractivity contribution in [2.75, 3.05) is 26.2 Å². The van der Waals surface area contributed by atoms with Crippen LogP contribution in [0.3, 0.4) is 0 Å². The van der Waals surface area contributed by atoms with Crippen LogP contribution in [0.5, 0.6) is 0 Å². The molecule has 9 nitrogen and oxygen atoms in total. The molecule has 4 aliphatic rings. The predicted octanol–water partition coefficient (Wildman–Crippen LogP) is -1.28. The highest BCUT2D eigenvalue weighted by Crippen LogP contribution is 2.30. The lowest BCUT2D eigenvalue weighted by Crippen LogP contribution is -2.76. The molecular formula is C20H23N5O4. The molecule has 1 aromatic carbocycles. The summed E-state index contributed by atoms with van der Waals surface area (Å²) in [5.41, 5.74) is 2.41. The Balaban J connectivity index is 1.34. The number of nitrogens with zero attached hydrogens (tertiary/aromatic N) is 2. The van der Waals surface area contributed by atoms with E-state index < -0.39 is 11.9 Å². The SMILES string of the molecule is O=C1CN(Cc2ccc3c(c2)C(=O)N(C2CCC(=O)NC2=O)C3)C2(CNC2)CN1. The Morgan fingerprint density at radius 1 is 1.03 bits per heavy atom. The van der Waals surface area contributed by atoms with Gasteiger partial charge in [0.2, 0.25) is 17.7 Å². The fourth-order valence-corrected chi connectivity index (χ4v) is 4.68. The highest BCUT2D eigenvalue weighted by atomic mass is 16.2. The lowest BCUT2D eigenvalue weighted by molar-refractivity contribution is -0.137. The lowest BCUT2D eigenvalue weighted by Gasteiger charge is -2.53. The number of amides is 4. The summed E-state index contributed by atoms with van der Waals surface area (Å²) in [6.07, 6.45) is 0.602. The maximum atomic E-state index is 13.0. The van der Waals surface area contributed by atoms with Gasteiger partial charge in [0.15, 0.2) is 0 Å². The van der Waals surface area contributed by atoms with Gasteiger partial charge < -0.3 is 15.5 Å². The zero-order chi connectivity index (χ0) is 20.2. The van der Waals surface area contributed by atoms with E-state index in [1.807, 2.05) is 18.2 Å². The van der Waals surface area contributed by atoms with Crippen LogP contribution in [-0.4, -0.2) is 71.2 Å². The van der Waals surface area contributed by atoms with Gasteiger partial charge in [0.1, 0.15) is 6.04 Å². The summed E-state index contributed by atoms with van der Waals surface area (Å²) >= 11 is 0. The van der Waals surface area contributed by atoms with Crippen molar-refractivity contribution in [3.8, 4) is 0 Å². The van der Waals surface area contributed by atoms with Crippen molar-refractivity contribution >= 4 is 23.6 Å². The highest BCUT2D eigenvalue weighted by molar-refractivity contribution is 6.05. The van der Waals surface area contributed by atoms with Gasteiger partial charge in [0.05, 0.1) is 12.1 Å². The smallest absolute Gasteiger partial charge is 0.255 e. The second-order valence-corrected chi connectivity index (χ2v) is 8.35. The van der Waals surface area contributed by atoms with Crippen molar-refractivity contribution in [3.63, 3.8) is 0 Å². The number of fused-ring (bicyclic) bond motifs is 1. The van der Waals surface area contributed by atoms with Crippen LogP contribution in [0.2, 0.25) is 0 Å². The average Bonchev–Trinajstić information content (AvgIpc) is 2.97. The van der Waals surface area contributed by atoms with E-state index in [0.29, 0.717) is 38.2 Å². The number of imide groups is 1. The largest absolute Gasteiger partial charge is 0.353 e. The van der Waals surface area contributed by atoms with Crippen LogP contribution in [0, 0.1) is 0 Å². The number of rotatable bonds is 3. The van der Waals surface area contributed by atoms with Crippen molar-refractivity contribution in [3.05, 3.63) is 34.9 Å². The third kappa shape index (κ3) is 3.01. The molecule has 1 spiro atoms. The van der Waals surface area contributed by atoms with E-state index in [2.05, 4.69) is 20.9 Å². The molecule has 9 heteroatoms. The minimum atomic E-state index is -0.605. The number of benzene rings is 1. The second kappa shape index (κ2) is 6.64. The molecule has 0 bridgehead atoms. The standard InChI is InChI=1S/C20H23N5O4/c26-16-4-3-15(18(28)23-16)25-7-13-2-1-12(5-14(13)19(25)29)6-24-8-17(27)22-11-20(24)9-21-10-20/h1-2,5,15,21H,3-4,6-11H2,(H,22,27)(H,23,26,28). The molecule has 1 unspecified atom stereocenters. The molecular weight excluding hydrogens is 374 g/mol. The Morgan fingerprint density at radius 3 is 2.59 bits per heavy atom. The first-order chi connectivity index (χ1) is 13.9. The number of hydrogen-bond donors (Lipinski definition) is 3. The zero-order valence-corrected chi connectivity index (χ0v) is 16.0. The summed E-state index contributed by atoms with van der Waals surface area (Å²) in [6.45, 7) is 3.61. The molecule has 1 atom stereocenters. The zero-order valence-electron chi connectivity index (χ0n) is 16.0. The van der Waals surface area contributed by atoms with Crippen LogP contribution in [0.1, 0.15) is 34.3 Å². The van der Waals surface area contributed by atoms with Crippen molar-refractivity contribution in [1.82, 2.24) is 25.8 Å². The predicted molar refractivity (Wildman–Crippen MR) is 102 cm³/mol. The maximum Gasteiger partial charge on any atom is 0.255 e. The van der Waals surface area contributed by atoms with Gasteiger partial charge in [-0.05, 0) is 23.6 Å². The molecule has 4 aliphatic heterocycles. The molecule has 3 fully saturated rings. The summed E-state index contributed by atoms with van der Waals surface area (Å²) in [5.74, 6) is -0.847. The first-order valence-corrected chi connectivity index (χ1v) is 9.94. The quantitative estimate of drug-likeness (QED) is 0.548. The molecule has 1 aromatic rings. The van der Waals surface area contributed by atoms with Crippen molar-refractivity contribution in [2.45, 2.75) is 37.5 Å². The van der Waals surface area contributed by atoms with E-state index in [9.17, 15) is 19.2 Å². The van der Waals surface area contributed by atoms with Crippen molar-refractivity contribution in [2.24, 2.45) is 0 Å². The molecule has 29 heavy (non-hydrogen) atoms. The van der Waals surface area contributed by atoms with E-state index >= 15 is 0 Å². The normalized spacial score (nSPS) is 26.2. The lowest BCUT2D eigenvalue weighted by atomic mass is 9.87. The molecule has 0 radical (unpaired) electrons. The van der Waals surface area contributed by atoms with Crippen molar-refractivity contribution < 1.29 is 19.2 Å². The minimum absolute atomic E-state index is 0.0174. The topological polar surface area (TPSA) is 111 Å². The van der Waals surface area contributed by atoms with Gasteiger partial charge in [0.25, 0.3) is 5.91 Å². The van der Waals surface area contributed by atoms with Crippen LogP contribution >= 0.6 is 0 Å². The van der Waals surface area contributed by atoms with Gasteiger partial charge in [0, 0.05) is 44.7 Å². The summed E-state index contributed by atoms with van der Waals surface area (Å²) in [5, 5.41) is 8.55. The summed E-state index contributed by atoms with van der Waals surface area (Å²) in [4.78, 5) is 52.2. The minimum Gasteiger partial charge on any atom is -0.353 e. The summed E-state index contributed by atoms with van der Waals surface area (Å²) in [7, 11) is 0. The Morgan fingerprint density at radius 2 is 1.86 bits per heavy atom. The van der Waals surface area contributed by atoms with Gasteiger partial charge in [-0.25, -0.2) is 0 Å². The van der Waals surface area contributed by atoms with E-state index in [1.54, 1.807) is 4.90 Å². The number of nitrogens with one attached hydrogen (secondary N) is 3. The molecule has 3 saturated heterocycles. The Labute approximate surface area is 167 Å². The molecule has 0 saturated carbocycles. The molecule has 0 aliphatic carbocycles. The Kier molecular flexibility index (Phi) is 4.18. The maximum absolute atomic E-state index is 13.0. The molecule has 4 amide bonds. The van der Waals surface area contributed by atoms with Crippen LogP contribution in [0.25, 0.3) is 0 Å². The van der Waals surface area contributed by atoms with Gasteiger partial charge in [-0.3, -0.25) is 29.4 Å². The van der Waals surface area contributed by atoms with E-state index in [4.69, 9.17) is 0 Å². The Hall–Kier alpha value is -2.78. The van der Waals surface area contributed by atoms with E-state index in [0.717, 1.165) is 24.2 Å². The van der Waals surface area contributed by atoms with Gasteiger partial charge in [-0.15, -0.1) is 0 Å². The summed E-state index contributed by atoms with van der Waals surface area (Å²) < 4.78 is 0. The fraction of sp³-hybridized carbons (Fsp3) is 0.500. The number of hydrogen-bond acceptors (Lipinski definition) is 6. The van der Waals surface area contributed by atoms with Crippen molar-refractivity contribution in [1.29, 1.82) is 0 Å². The first kappa shape index (κ1) is 18.3. The second-order valence-electron chi connectivity index (χ2n) is 8.35. The van der Waals surface area contributed by atoms with Gasteiger partial charge in [-0.2, -0.15) is 0 Å². The number of carbonyl (C=O) groups excluding carboxylic acids is 4. The van der Waals surface area contributed by atoms with E-state index in [1.165, 1.54) is 0 Å². The highest BCUT2D eigenvalue weighted by Gasteiger charge is 2.46. The van der Waals surface area contributed by atoms with Crippen LogP contribution < -0.4 is 16.0 Å². The van der Waals surface area contributed by atoms with Gasteiger partial charge in [-0.1, -0.05) is 12.1 Å². The van der Waals surface area contributed by atoms with Crippen LogP contribution in [0.4, 0.5) is 0 Å². The molecule has 3 N–H and O–H groups in total. The number of piperidine rings is 1. The van der Waals surface area contributed by atoms with Gasteiger partial charge >= 0.3 is 0 Å². The first-order valence-electron chi connectivity index (χ1n) is 9.94. The third-order valence-electron chi connectivity index (χ3n) is 6.49. The third-order valence-corrected chi connectivity index (χ3v) is 6.49. The molecule has 5 rings (SSSR count). The van der Waals surface area contributed by atoms with Crippen LogP contribution in [-0.2, 0) is 27.5 Å². The summed E-state index contributed by atoms with van der Waals surface area (Å²) in [6, 6.07) is 5.21. The van der Waals surface area contributed by atoms with Crippen LogP contribution in [0.15, 0.2) is 18.2 Å². The fourth-order valence-electron chi connectivity index (χ4n) is 4.68.